The molecule has 6 heteroatoms. The Morgan fingerprint density at radius 3 is 3.05 bits per heavy atom. The molecule has 96 valence electrons. The Balaban J connectivity index is 1.87. The Morgan fingerprint density at radius 1 is 1.42 bits per heavy atom. The van der Waals surface area contributed by atoms with E-state index in [1.165, 1.54) is 0 Å². The van der Waals surface area contributed by atoms with Crippen molar-refractivity contribution < 1.29 is 14.3 Å². The number of benzene rings is 1. The smallest absolute Gasteiger partial charge is 0.313 e. The predicted molar refractivity (Wildman–Crippen MR) is 72.2 cm³/mol. The van der Waals surface area contributed by atoms with Gasteiger partial charge >= 0.3 is 5.97 Å². The number of aromatic nitrogens is 2. The van der Waals surface area contributed by atoms with Crippen LogP contribution in [0.25, 0.3) is 22.4 Å². The third-order valence-corrected chi connectivity index (χ3v) is 3.45. The number of rotatable bonds is 4. The predicted octanol–water partition coefficient (Wildman–Crippen LogP) is 3.00. The van der Waals surface area contributed by atoms with Crippen LogP contribution in [-0.2, 0) is 4.79 Å². The summed E-state index contributed by atoms with van der Waals surface area (Å²) in [5, 5.41) is 10.2. The third-order valence-electron chi connectivity index (χ3n) is 2.58. The molecule has 0 amide bonds. The lowest BCUT2D eigenvalue weighted by Crippen LogP contribution is -1.97. The second-order valence-electron chi connectivity index (χ2n) is 3.93. The summed E-state index contributed by atoms with van der Waals surface area (Å²) in [7, 11) is 0. The van der Waals surface area contributed by atoms with Gasteiger partial charge in [-0.1, -0.05) is 30.0 Å². The van der Waals surface area contributed by atoms with Crippen LogP contribution in [0.1, 0.15) is 0 Å². The van der Waals surface area contributed by atoms with Crippen LogP contribution in [0.5, 0.6) is 0 Å². The highest BCUT2D eigenvalue weighted by Gasteiger charge is 2.10. The zero-order valence-electron chi connectivity index (χ0n) is 9.79. The minimum absolute atomic E-state index is 0.0208. The number of fused-ring (bicyclic) bond motifs is 1. The van der Waals surface area contributed by atoms with Gasteiger partial charge in [-0.15, -0.1) is 0 Å². The fourth-order valence-corrected chi connectivity index (χ4v) is 2.32. The lowest BCUT2D eigenvalue weighted by atomic mass is 10.2. The number of imidazole rings is 1. The topological polar surface area (TPSA) is 79.1 Å². The summed E-state index contributed by atoms with van der Waals surface area (Å²) in [6.45, 7) is 0. The maximum atomic E-state index is 10.5. The van der Waals surface area contributed by atoms with E-state index in [-0.39, 0.29) is 5.75 Å². The van der Waals surface area contributed by atoms with Crippen LogP contribution >= 0.6 is 11.8 Å². The first kappa shape index (κ1) is 11.9. The highest BCUT2D eigenvalue weighted by molar-refractivity contribution is 7.99. The fraction of sp³-hybridized carbons (Fsp3) is 0.0769. The molecule has 2 N–H and O–H groups in total. The molecule has 0 spiro atoms. The Labute approximate surface area is 112 Å². The number of hydrogen-bond donors (Lipinski definition) is 2. The molecule has 0 saturated carbocycles. The monoisotopic (exact) mass is 274 g/mol. The second-order valence-corrected chi connectivity index (χ2v) is 4.90. The van der Waals surface area contributed by atoms with E-state index in [4.69, 9.17) is 9.52 Å². The third kappa shape index (κ3) is 2.48. The van der Waals surface area contributed by atoms with Crippen LogP contribution in [0, 0.1) is 0 Å². The second kappa shape index (κ2) is 4.81. The van der Waals surface area contributed by atoms with E-state index in [1.54, 1.807) is 6.20 Å². The number of carboxylic acids is 1. The molecule has 0 atom stereocenters. The molecule has 0 radical (unpaired) electrons. The van der Waals surface area contributed by atoms with E-state index in [0.717, 1.165) is 28.4 Å². The maximum Gasteiger partial charge on any atom is 0.313 e. The minimum atomic E-state index is -0.869. The van der Waals surface area contributed by atoms with Gasteiger partial charge < -0.3 is 14.5 Å². The number of nitrogens with one attached hydrogen (secondary N) is 1. The number of carboxylic acid groups (broad SMARTS) is 1. The van der Waals surface area contributed by atoms with Crippen LogP contribution in [0.3, 0.4) is 0 Å². The molecule has 0 saturated heterocycles. The van der Waals surface area contributed by atoms with Gasteiger partial charge in [-0.25, -0.2) is 4.98 Å². The first-order valence-electron chi connectivity index (χ1n) is 5.61. The lowest BCUT2D eigenvalue weighted by Gasteiger charge is -1.92. The van der Waals surface area contributed by atoms with Gasteiger partial charge in [-0.2, -0.15) is 0 Å². The van der Waals surface area contributed by atoms with Gasteiger partial charge in [0.05, 0.1) is 11.9 Å². The summed E-state index contributed by atoms with van der Waals surface area (Å²) in [5.41, 5.74) is 1.55. The van der Waals surface area contributed by atoms with Crippen molar-refractivity contribution in [2.75, 3.05) is 5.75 Å². The summed E-state index contributed by atoms with van der Waals surface area (Å²) in [5.74, 6) is -0.199. The number of para-hydroxylation sites is 1. The highest BCUT2D eigenvalue weighted by atomic mass is 32.2. The van der Waals surface area contributed by atoms with Crippen molar-refractivity contribution in [2.45, 2.75) is 5.16 Å². The van der Waals surface area contributed by atoms with Crippen molar-refractivity contribution in [3.8, 4) is 11.5 Å². The van der Waals surface area contributed by atoms with Crippen LogP contribution in [-0.4, -0.2) is 26.8 Å². The molecule has 2 aromatic heterocycles. The summed E-state index contributed by atoms with van der Waals surface area (Å²) >= 11 is 1.14. The summed E-state index contributed by atoms with van der Waals surface area (Å²) in [6.07, 6.45) is 1.64. The van der Waals surface area contributed by atoms with Gasteiger partial charge in [-0.3, -0.25) is 4.79 Å². The van der Waals surface area contributed by atoms with Gasteiger partial charge in [0.25, 0.3) is 0 Å². The number of aliphatic carboxylic acids is 1. The van der Waals surface area contributed by atoms with E-state index in [9.17, 15) is 4.79 Å². The van der Waals surface area contributed by atoms with E-state index >= 15 is 0 Å². The Bertz CT molecular complexity index is 699. The number of thioether (sulfide) groups is 1. The molecule has 1 aromatic carbocycles. The van der Waals surface area contributed by atoms with Crippen LogP contribution in [0.4, 0.5) is 0 Å². The molecule has 2 heterocycles. The molecule has 19 heavy (non-hydrogen) atoms. The number of H-pyrrole nitrogens is 1. The number of carbonyl (C=O) groups is 1. The Morgan fingerprint density at radius 2 is 2.26 bits per heavy atom. The van der Waals surface area contributed by atoms with Crippen LogP contribution < -0.4 is 0 Å². The summed E-state index contributed by atoms with van der Waals surface area (Å²) < 4.78 is 5.70. The summed E-state index contributed by atoms with van der Waals surface area (Å²) in [4.78, 5) is 17.6. The van der Waals surface area contributed by atoms with E-state index in [1.807, 2.05) is 30.3 Å². The van der Waals surface area contributed by atoms with E-state index < -0.39 is 5.97 Å². The molecule has 0 aliphatic rings. The van der Waals surface area contributed by atoms with Crippen molar-refractivity contribution in [3.63, 3.8) is 0 Å². The molecule has 3 rings (SSSR count). The maximum absolute atomic E-state index is 10.5. The average molecular weight is 274 g/mol. The number of nitrogens with zero attached hydrogens (tertiary/aromatic N) is 1. The Hall–Kier alpha value is -2.21. The van der Waals surface area contributed by atoms with Crippen LogP contribution in [0.2, 0.25) is 0 Å². The standard InChI is InChI=1S/C13H10N2O3S/c16-12(17)7-19-13-14-6-9(15-13)11-5-8-3-1-2-4-10(8)18-11/h1-6H,7H2,(H,14,15)(H,16,17). The van der Waals surface area contributed by atoms with Crippen molar-refractivity contribution in [3.05, 3.63) is 36.5 Å². The fourth-order valence-electron chi connectivity index (χ4n) is 1.75. The molecule has 0 bridgehead atoms. The molecule has 0 aliphatic heterocycles. The minimum Gasteiger partial charge on any atom is -0.481 e. The van der Waals surface area contributed by atoms with Gasteiger partial charge in [0.1, 0.15) is 11.3 Å². The van der Waals surface area contributed by atoms with Crippen molar-refractivity contribution in [1.82, 2.24) is 9.97 Å². The number of hydrogen-bond acceptors (Lipinski definition) is 4. The molecule has 0 fully saturated rings. The van der Waals surface area contributed by atoms with Crippen molar-refractivity contribution in [1.29, 1.82) is 0 Å². The van der Waals surface area contributed by atoms with E-state index in [2.05, 4.69) is 9.97 Å². The molecule has 0 unspecified atom stereocenters. The van der Waals surface area contributed by atoms with Gasteiger partial charge in [0, 0.05) is 5.39 Å². The van der Waals surface area contributed by atoms with Crippen molar-refractivity contribution in [2.24, 2.45) is 0 Å². The molecular formula is C13H10N2O3S. The number of aromatic amines is 1. The SMILES string of the molecule is O=C(O)CSc1ncc(-c2cc3ccccc3o2)[nH]1. The molecule has 5 nitrogen and oxygen atoms in total. The van der Waals surface area contributed by atoms with Gasteiger partial charge in [0.2, 0.25) is 0 Å². The molecule has 0 aliphatic carbocycles. The van der Waals surface area contributed by atoms with Crippen LogP contribution in [0.15, 0.2) is 46.1 Å². The summed E-state index contributed by atoms with van der Waals surface area (Å²) in [6, 6.07) is 9.65. The first-order chi connectivity index (χ1) is 9.22. The zero-order chi connectivity index (χ0) is 13.2. The number of furan rings is 1. The van der Waals surface area contributed by atoms with Gasteiger partial charge in [0.15, 0.2) is 10.9 Å². The zero-order valence-corrected chi connectivity index (χ0v) is 10.6. The molecular weight excluding hydrogens is 264 g/mol. The van der Waals surface area contributed by atoms with E-state index in [0.29, 0.717) is 10.9 Å². The Kier molecular flexibility index (Phi) is 3.00. The molecule has 3 aromatic rings. The first-order valence-corrected chi connectivity index (χ1v) is 6.59. The quantitative estimate of drug-likeness (QED) is 0.715. The van der Waals surface area contributed by atoms with Gasteiger partial charge in [-0.05, 0) is 12.1 Å². The average Bonchev–Trinajstić information content (AvgIpc) is 3.02. The lowest BCUT2D eigenvalue weighted by molar-refractivity contribution is -0.133. The largest absolute Gasteiger partial charge is 0.481 e. The normalized spacial score (nSPS) is 10.9. The van der Waals surface area contributed by atoms with Crippen molar-refractivity contribution >= 4 is 28.7 Å². The highest BCUT2D eigenvalue weighted by Crippen LogP contribution is 2.27.